The average molecular weight is 321 g/mol. The molecule has 118 valence electrons. The zero-order valence-corrected chi connectivity index (χ0v) is 13.4. The Bertz CT molecular complexity index is 602. The zero-order valence-electron chi connectivity index (χ0n) is 12.7. The van der Waals surface area contributed by atoms with E-state index >= 15 is 0 Å². The van der Waals surface area contributed by atoms with Gasteiger partial charge in [0.05, 0.1) is 6.10 Å². The minimum absolute atomic E-state index is 0.0424. The van der Waals surface area contributed by atoms with Crippen LogP contribution in [0.25, 0.3) is 0 Å². The quantitative estimate of drug-likeness (QED) is 0.858. The monoisotopic (exact) mass is 320 g/mol. The lowest BCUT2D eigenvalue weighted by atomic mass is 10.1. The van der Waals surface area contributed by atoms with Crippen molar-refractivity contribution in [1.29, 1.82) is 0 Å². The maximum Gasteiger partial charge on any atom is 0.153 e. The lowest BCUT2D eigenvalue weighted by Gasteiger charge is -2.15. The number of halogens is 1. The van der Waals surface area contributed by atoms with Crippen LogP contribution in [0.1, 0.15) is 42.8 Å². The number of benzene rings is 1. The third kappa shape index (κ3) is 3.48. The number of rotatable bonds is 6. The summed E-state index contributed by atoms with van der Waals surface area (Å²) < 4.78 is 6.00. The van der Waals surface area contributed by atoms with Crippen LogP contribution >= 0.6 is 11.6 Å². The summed E-state index contributed by atoms with van der Waals surface area (Å²) in [5.74, 6) is 0.821. The lowest BCUT2D eigenvalue weighted by Crippen LogP contribution is -2.26. The Hall–Kier alpha value is -1.43. The molecule has 0 spiro atoms. The number of H-pyrrole nitrogens is 1. The van der Waals surface area contributed by atoms with Crippen molar-refractivity contribution in [2.45, 2.75) is 44.9 Å². The Kier molecular flexibility index (Phi) is 5.08. The fourth-order valence-electron chi connectivity index (χ4n) is 2.92. The van der Waals surface area contributed by atoms with Crippen molar-refractivity contribution in [1.82, 2.24) is 20.5 Å². The summed E-state index contributed by atoms with van der Waals surface area (Å²) in [7, 11) is 0. The van der Waals surface area contributed by atoms with Gasteiger partial charge in [-0.25, -0.2) is 4.98 Å². The summed E-state index contributed by atoms with van der Waals surface area (Å²) in [5, 5.41) is 11.1. The van der Waals surface area contributed by atoms with E-state index in [-0.39, 0.29) is 12.2 Å². The smallest absolute Gasteiger partial charge is 0.153 e. The Morgan fingerprint density at radius 3 is 3.09 bits per heavy atom. The highest BCUT2D eigenvalue weighted by molar-refractivity contribution is 6.31. The maximum atomic E-state index is 6.30. The molecule has 1 aliphatic heterocycles. The summed E-state index contributed by atoms with van der Waals surface area (Å²) >= 11 is 6.30. The molecule has 0 saturated carbocycles. The van der Waals surface area contributed by atoms with E-state index in [9.17, 15) is 0 Å². The van der Waals surface area contributed by atoms with Gasteiger partial charge in [-0.05, 0) is 36.5 Å². The van der Waals surface area contributed by atoms with E-state index in [0.717, 1.165) is 43.2 Å². The van der Waals surface area contributed by atoms with E-state index in [1.807, 2.05) is 12.1 Å². The molecule has 1 aliphatic rings. The molecule has 2 atom stereocenters. The van der Waals surface area contributed by atoms with Crippen LogP contribution in [-0.4, -0.2) is 27.8 Å². The van der Waals surface area contributed by atoms with Crippen molar-refractivity contribution in [2.24, 2.45) is 0 Å². The highest BCUT2D eigenvalue weighted by atomic mass is 35.5. The Balaban J connectivity index is 1.50. The molecular formula is C16H21ClN4O. The molecule has 2 heterocycles. The Morgan fingerprint density at radius 1 is 1.41 bits per heavy atom. The molecule has 0 aliphatic carbocycles. The highest BCUT2D eigenvalue weighted by Gasteiger charge is 2.28. The number of aryl methyl sites for hydroxylation is 1. The molecule has 6 heteroatoms. The molecule has 3 rings (SSSR count). The molecule has 1 aromatic carbocycles. The van der Waals surface area contributed by atoms with Crippen molar-refractivity contribution >= 4 is 11.6 Å². The van der Waals surface area contributed by atoms with E-state index in [1.165, 1.54) is 17.5 Å². The third-order valence-electron chi connectivity index (χ3n) is 4.12. The Morgan fingerprint density at radius 2 is 2.32 bits per heavy atom. The molecule has 0 unspecified atom stereocenters. The second-order valence-corrected chi connectivity index (χ2v) is 5.96. The van der Waals surface area contributed by atoms with Gasteiger partial charge in [-0.3, -0.25) is 5.10 Å². The van der Waals surface area contributed by atoms with E-state index < -0.39 is 0 Å². The highest BCUT2D eigenvalue weighted by Crippen LogP contribution is 2.30. The van der Waals surface area contributed by atoms with Gasteiger partial charge in [0, 0.05) is 18.1 Å². The molecule has 1 aromatic heterocycles. The standard InChI is InChI=1S/C16H21ClN4O/c1-2-11-4-3-5-14(17)13(11)9-18-8-12-6-7-15(22-12)16-19-10-20-21-16/h3-5,10,12,15,18H,2,6-9H2,1H3,(H,19,20,21)/t12-,15+/m1/s1. The SMILES string of the molecule is CCc1cccc(Cl)c1CNC[C@H]1CC[C@@H](c2ncn[nH]2)O1. The first-order chi connectivity index (χ1) is 10.8. The van der Waals surface area contributed by atoms with Crippen molar-refractivity contribution in [2.75, 3.05) is 6.54 Å². The van der Waals surface area contributed by atoms with Gasteiger partial charge in [0.2, 0.25) is 0 Å². The van der Waals surface area contributed by atoms with Gasteiger partial charge in [-0.1, -0.05) is 30.7 Å². The predicted octanol–water partition coefficient (Wildman–Crippen LogP) is 3.03. The molecule has 2 aromatic rings. The van der Waals surface area contributed by atoms with Crippen LogP contribution < -0.4 is 5.32 Å². The lowest BCUT2D eigenvalue weighted by molar-refractivity contribution is 0.0401. The molecule has 1 saturated heterocycles. The maximum absolute atomic E-state index is 6.30. The van der Waals surface area contributed by atoms with Gasteiger partial charge in [0.25, 0.3) is 0 Å². The predicted molar refractivity (Wildman–Crippen MR) is 85.8 cm³/mol. The van der Waals surface area contributed by atoms with E-state index in [1.54, 1.807) is 0 Å². The molecule has 22 heavy (non-hydrogen) atoms. The topological polar surface area (TPSA) is 62.8 Å². The van der Waals surface area contributed by atoms with Gasteiger partial charge in [-0.15, -0.1) is 0 Å². The second kappa shape index (κ2) is 7.22. The number of nitrogens with zero attached hydrogens (tertiary/aromatic N) is 2. The van der Waals surface area contributed by atoms with E-state index in [0.29, 0.717) is 0 Å². The zero-order chi connectivity index (χ0) is 15.4. The molecular weight excluding hydrogens is 300 g/mol. The molecule has 5 nitrogen and oxygen atoms in total. The minimum atomic E-state index is 0.0424. The first-order valence-corrected chi connectivity index (χ1v) is 8.13. The van der Waals surface area contributed by atoms with Crippen molar-refractivity contribution in [3.8, 4) is 0 Å². The summed E-state index contributed by atoms with van der Waals surface area (Å²) in [6.45, 7) is 3.74. The molecule has 2 N–H and O–H groups in total. The first kappa shape index (κ1) is 15.5. The van der Waals surface area contributed by atoms with E-state index in [2.05, 4.69) is 33.5 Å². The largest absolute Gasteiger partial charge is 0.366 e. The molecule has 0 amide bonds. The third-order valence-corrected chi connectivity index (χ3v) is 4.47. The van der Waals surface area contributed by atoms with Gasteiger partial charge < -0.3 is 10.1 Å². The van der Waals surface area contributed by atoms with Crippen molar-refractivity contribution in [3.63, 3.8) is 0 Å². The van der Waals surface area contributed by atoms with Crippen LogP contribution in [0.3, 0.4) is 0 Å². The van der Waals surface area contributed by atoms with Gasteiger partial charge in [0.15, 0.2) is 5.82 Å². The normalized spacial score (nSPS) is 21.4. The molecule has 0 radical (unpaired) electrons. The number of aromatic nitrogens is 3. The van der Waals surface area contributed by atoms with Gasteiger partial charge in [0.1, 0.15) is 12.4 Å². The number of hydrogen-bond acceptors (Lipinski definition) is 4. The van der Waals surface area contributed by atoms with Crippen LogP contribution in [0.2, 0.25) is 5.02 Å². The first-order valence-electron chi connectivity index (χ1n) is 7.75. The van der Waals surface area contributed by atoms with Crippen molar-refractivity contribution in [3.05, 3.63) is 46.5 Å². The van der Waals surface area contributed by atoms with Crippen LogP contribution in [0, 0.1) is 0 Å². The van der Waals surface area contributed by atoms with Gasteiger partial charge >= 0.3 is 0 Å². The van der Waals surface area contributed by atoms with Crippen LogP contribution in [0.15, 0.2) is 24.5 Å². The molecule has 0 bridgehead atoms. The van der Waals surface area contributed by atoms with Crippen molar-refractivity contribution < 1.29 is 4.74 Å². The minimum Gasteiger partial charge on any atom is -0.366 e. The fraction of sp³-hybridized carbons (Fsp3) is 0.500. The second-order valence-electron chi connectivity index (χ2n) is 5.56. The summed E-state index contributed by atoms with van der Waals surface area (Å²) in [5.41, 5.74) is 2.49. The van der Waals surface area contributed by atoms with Crippen LogP contribution in [0.5, 0.6) is 0 Å². The van der Waals surface area contributed by atoms with E-state index in [4.69, 9.17) is 16.3 Å². The molecule has 1 fully saturated rings. The van der Waals surface area contributed by atoms with Crippen LogP contribution in [-0.2, 0) is 17.7 Å². The Labute approximate surface area is 135 Å². The number of aromatic amines is 1. The van der Waals surface area contributed by atoms with Crippen LogP contribution in [0.4, 0.5) is 0 Å². The van der Waals surface area contributed by atoms with Gasteiger partial charge in [-0.2, -0.15) is 5.10 Å². The summed E-state index contributed by atoms with van der Waals surface area (Å²) in [4.78, 5) is 4.17. The summed E-state index contributed by atoms with van der Waals surface area (Å²) in [6.07, 6.45) is 4.78. The average Bonchev–Trinajstić information content (AvgIpc) is 3.19. The fourth-order valence-corrected chi connectivity index (χ4v) is 3.18. The number of hydrogen-bond donors (Lipinski definition) is 2. The summed E-state index contributed by atoms with van der Waals surface area (Å²) in [6, 6.07) is 6.09. The number of nitrogens with one attached hydrogen (secondary N) is 2. The number of ether oxygens (including phenoxy) is 1.